The van der Waals surface area contributed by atoms with Crippen LogP contribution in [0.15, 0.2) is 176 Å². The zero-order valence-electron chi connectivity index (χ0n) is 30.1. The minimum atomic E-state index is -0.248. The van der Waals surface area contributed by atoms with Gasteiger partial charge in [0.2, 0.25) is 0 Å². The minimum absolute atomic E-state index is 0.248. The highest BCUT2D eigenvalue weighted by molar-refractivity contribution is 6.21. The van der Waals surface area contributed by atoms with Gasteiger partial charge in [0.1, 0.15) is 0 Å². The van der Waals surface area contributed by atoms with E-state index in [9.17, 15) is 0 Å². The van der Waals surface area contributed by atoms with Crippen LogP contribution in [0.4, 0.5) is 0 Å². The molecule has 0 atom stereocenters. The van der Waals surface area contributed by atoms with Gasteiger partial charge in [-0.15, -0.1) is 0 Å². The summed E-state index contributed by atoms with van der Waals surface area (Å²) in [7, 11) is 0. The standard InChI is InChI=1S/C51H35N3/c1-51(2)47-40-23-12-10-20-37(40)36-19-9-11-22-39(36)46(47)42-30-29-41-38-21-13-14-24-45(38)54(49(41)48(42)51)35-27-25-33(26-28-35)44-31-43(32-15-5-3-6-16-32)52-50(53-44)34-17-7-4-8-18-34/h3-31H,1-2H3. The van der Waals surface area contributed by atoms with Gasteiger partial charge in [-0.05, 0) is 68.1 Å². The summed E-state index contributed by atoms with van der Waals surface area (Å²) in [5.41, 5.74) is 13.8. The molecule has 0 fully saturated rings. The highest BCUT2D eigenvalue weighted by Gasteiger charge is 2.41. The van der Waals surface area contributed by atoms with Crippen molar-refractivity contribution in [1.82, 2.24) is 14.5 Å². The maximum Gasteiger partial charge on any atom is 0.160 e. The van der Waals surface area contributed by atoms with Gasteiger partial charge in [0.25, 0.3) is 0 Å². The molecule has 0 bridgehead atoms. The Labute approximate surface area is 313 Å². The van der Waals surface area contributed by atoms with Gasteiger partial charge < -0.3 is 4.57 Å². The van der Waals surface area contributed by atoms with Crippen LogP contribution >= 0.6 is 0 Å². The van der Waals surface area contributed by atoms with Crippen molar-refractivity contribution >= 4 is 43.4 Å². The number of aromatic nitrogens is 3. The normalized spacial score (nSPS) is 13.1. The third-order valence-corrected chi connectivity index (χ3v) is 11.5. The molecule has 0 N–H and O–H groups in total. The lowest BCUT2D eigenvalue weighted by atomic mass is 9.78. The molecule has 2 aromatic heterocycles. The number of hydrogen-bond acceptors (Lipinski definition) is 2. The molecule has 0 saturated heterocycles. The Morgan fingerprint density at radius 2 is 0.963 bits per heavy atom. The maximum absolute atomic E-state index is 5.11. The Morgan fingerprint density at radius 3 is 1.65 bits per heavy atom. The molecule has 254 valence electrons. The number of nitrogens with zero attached hydrogens (tertiary/aromatic N) is 3. The van der Waals surface area contributed by atoms with Crippen LogP contribution in [-0.2, 0) is 5.41 Å². The molecular formula is C51H35N3. The number of fused-ring (bicyclic) bond motifs is 12. The molecule has 11 rings (SSSR count). The fraction of sp³-hybridized carbons (Fsp3) is 0.0588. The Bertz CT molecular complexity index is 3040. The van der Waals surface area contributed by atoms with Crippen LogP contribution in [0.3, 0.4) is 0 Å². The second-order valence-corrected chi connectivity index (χ2v) is 14.9. The Balaban J connectivity index is 1.14. The molecule has 0 radical (unpaired) electrons. The van der Waals surface area contributed by atoms with E-state index in [0.717, 1.165) is 39.6 Å². The van der Waals surface area contributed by atoms with E-state index in [1.165, 1.54) is 65.6 Å². The summed E-state index contributed by atoms with van der Waals surface area (Å²) >= 11 is 0. The first kappa shape index (κ1) is 30.8. The van der Waals surface area contributed by atoms with E-state index in [2.05, 4.69) is 170 Å². The van der Waals surface area contributed by atoms with Gasteiger partial charge in [-0.1, -0.05) is 166 Å². The molecule has 1 aliphatic carbocycles. The van der Waals surface area contributed by atoms with Crippen LogP contribution in [0.2, 0.25) is 0 Å². The molecule has 10 aromatic rings. The van der Waals surface area contributed by atoms with Crippen molar-refractivity contribution < 1.29 is 0 Å². The lowest BCUT2D eigenvalue weighted by molar-refractivity contribution is 0.670. The number of benzene rings is 8. The molecule has 54 heavy (non-hydrogen) atoms. The number of hydrogen-bond donors (Lipinski definition) is 0. The van der Waals surface area contributed by atoms with Crippen LogP contribution in [0, 0.1) is 0 Å². The minimum Gasteiger partial charge on any atom is -0.309 e. The van der Waals surface area contributed by atoms with Crippen molar-refractivity contribution in [1.29, 1.82) is 0 Å². The molecule has 2 heterocycles. The second kappa shape index (κ2) is 11.6. The first-order valence-corrected chi connectivity index (χ1v) is 18.7. The lowest BCUT2D eigenvalue weighted by Crippen LogP contribution is -2.17. The third kappa shape index (κ3) is 4.42. The first-order chi connectivity index (χ1) is 26.6. The van der Waals surface area contributed by atoms with Gasteiger partial charge >= 0.3 is 0 Å². The highest BCUT2D eigenvalue weighted by atomic mass is 15.0. The first-order valence-electron chi connectivity index (χ1n) is 18.7. The summed E-state index contributed by atoms with van der Waals surface area (Å²) in [5, 5.41) is 7.81. The second-order valence-electron chi connectivity index (χ2n) is 14.9. The highest BCUT2D eigenvalue weighted by Crippen LogP contribution is 2.57. The number of para-hydroxylation sites is 1. The summed E-state index contributed by atoms with van der Waals surface area (Å²) in [6.45, 7) is 4.85. The summed E-state index contributed by atoms with van der Waals surface area (Å²) in [5.74, 6) is 0.718. The fourth-order valence-electron chi connectivity index (χ4n) is 9.21. The van der Waals surface area contributed by atoms with Crippen molar-refractivity contribution in [3.63, 3.8) is 0 Å². The van der Waals surface area contributed by atoms with Crippen molar-refractivity contribution in [3.05, 3.63) is 187 Å². The van der Waals surface area contributed by atoms with Gasteiger partial charge in [-0.2, -0.15) is 0 Å². The van der Waals surface area contributed by atoms with Gasteiger partial charge in [0.05, 0.1) is 22.4 Å². The summed E-state index contributed by atoms with van der Waals surface area (Å²) in [4.78, 5) is 10.1. The molecule has 0 amide bonds. The average Bonchev–Trinajstić information content (AvgIpc) is 3.70. The van der Waals surface area contributed by atoms with Crippen LogP contribution in [-0.4, -0.2) is 14.5 Å². The zero-order chi connectivity index (χ0) is 36.0. The summed E-state index contributed by atoms with van der Waals surface area (Å²) in [6, 6.07) is 63.2. The van der Waals surface area contributed by atoms with E-state index in [1.807, 2.05) is 24.3 Å². The summed E-state index contributed by atoms with van der Waals surface area (Å²) in [6.07, 6.45) is 0. The molecule has 0 unspecified atom stereocenters. The maximum atomic E-state index is 5.11. The van der Waals surface area contributed by atoms with Gasteiger partial charge in [-0.3, -0.25) is 0 Å². The number of rotatable bonds is 4. The van der Waals surface area contributed by atoms with Crippen LogP contribution < -0.4 is 0 Å². The molecule has 0 saturated carbocycles. The quantitative estimate of drug-likeness (QED) is 0.172. The van der Waals surface area contributed by atoms with Gasteiger partial charge in [0, 0.05) is 38.6 Å². The third-order valence-electron chi connectivity index (χ3n) is 11.5. The fourth-order valence-corrected chi connectivity index (χ4v) is 9.21. The Hall–Kier alpha value is -6.84. The summed E-state index contributed by atoms with van der Waals surface area (Å²) < 4.78 is 2.50. The molecule has 1 aliphatic rings. The molecule has 0 spiro atoms. The van der Waals surface area contributed by atoms with E-state index in [4.69, 9.17) is 9.97 Å². The van der Waals surface area contributed by atoms with Crippen LogP contribution in [0.1, 0.15) is 25.0 Å². The van der Waals surface area contributed by atoms with E-state index in [1.54, 1.807) is 0 Å². The van der Waals surface area contributed by atoms with Crippen molar-refractivity contribution in [2.24, 2.45) is 0 Å². The SMILES string of the molecule is CC1(C)c2c(c3ccccc3c3ccccc23)-c2ccc3c4ccccc4n(-c4ccc(-c5cc(-c6ccccc6)nc(-c6ccccc6)n5)cc4)c3c21. The Morgan fingerprint density at radius 1 is 0.426 bits per heavy atom. The van der Waals surface area contributed by atoms with Crippen molar-refractivity contribution in [2.75, 3.05) is 0 Å². The molecule has 3 nitrogen and oxygen atoms in total. The van der Waals surface area contributed by atoms with E-state index >= 15 is 0 Å². The van der Waals surface area contributed by atoms with Crippen LogP contribution in [0.5, 0.6) is 0 Å². The van der Waals surface area contributed by atoms with E-state index < -0.39 is 0 Å². The Kier molecular flexibility index (Phi) is 6.60. The molecule has 0 aliphatic heterocycles. The zero-order valence-corrected chi connectivity index (χ0v) is 30.1. The molecular weight excluding hydrogens is 655 g/mol. The van der Waals surface area contributed by atoms with Crippen molar-refractivity contribution in [2.45, 2.75) is 19.3 Å². The topological polar surface area (TPSA) is 30.7 Å². The monoisotopic (exact) mass is 689 g/mol. The van der Waals surface area contributed by atoms with Gasteiger partial charge in [-0.25, -0.2) is 9.97 Å². The molecule has 8 aromatic carbocycles. The largest absolute Gasteiger partial charge is 0.309 e. The average molecular weight is 690 g/mol. The van der Waals surface area contributed by atoms with Crippen LogP contribution in [0.25, 0.3) is 94.1 Å². The van der Waals surface area contributed by atoms with E-state index in [0.29, 0.717) is 0 Å². The van der Waals surface area contributed by atoms with Crippen molar-refractivity contribution in [3.8, 4) is 50.7 Å². The van der Waals surface area contributed by atoms with E-state index in [-0.39, 0.29) is 5.41 Å². The lowest BCUT2D eigenvalue weighted by Gasteiger charge is -2.25. The predicted octanol–water partition coefficient (Wildman–Crippen LogP) is 13.2. The molecule has 3 heteroatoms. The van der Waals surface area contributed by atoms with Gasteiger partial charge in [0.15, 0.2) is 5.82 Å². The predicted molar refractivity (Wildman–Crippen MR) is 225 cm³/mol. The smallest absolute Gasteiger partial charge is 0.160 e.